The van der Waals surface area contributed by atoms with Gasteiger partial charge in [0.25, 0.3) is 0 Å². The second kappa shape index (κ2) is 10.4. The van der Waals surface area contributed by atoms with Crippen LogP contribution >= 0.6 is 0 Å². The first kappa shape index (κ1) is 12.6. The normalized spacial score (nSPS) is 17.8. The number of furan rings is 1. The van der Waals surface area contributed by atoms with Gasteiger partial charge in [0, 0.05) is 16.3 Å². The van der Waals surface area contributed by atoms with Gasteiger partial charge in [0.15, 0.2) is 0 Å². The molecule has 0 saturated carbocycles. The summed E-state index contributed by atoms with van der Waals surface area (Å²) in [6.45, 7) is 0. The van der Waals surface area contributed by atoms with E-state index in [1.54, 1.807) is 48.5 Å². The van der Waals surface area contributed by atoms with E-state index in [-0.39, 0.29) is 38.6 Å². The van der Waals surface area contributed by atoms with Gasteiger partial charge in [-0.2, -0.15) is 0 Å². The highest BCUT2D eigenvalue weighted by atomic mass is 16.3. The molecule has 1 heterocycles. The first-order valence-corrected chi connectivity index (χ1v) is 13.8. The molecule has 0 amide bonds. The highest BCUT2D eigenvalue weighted by molar-refractivity contribution is 6.26. The molecule has 0 N–H and O–H groups in total. The Labute approximate surface area is 289 Å². The molecule has 9 rings (SSSR count). The summed E-state index contributed by atoms with van der Waals surface area (Å²) >= 11 is 0. The quantitative estimate of drug-likeness (QED) is 0.185. The lowest BCUT2D eigenvalue weighted by molar-refractivity contribution is 0.670. The number of rotatable bonds is 4. The van der Waals surface area contributed by atoms with Crippen molar-refractivity contribution in [3.63, 3.8) is 0 Å². The van der Waals surface area contributed by atoms with Crippen LogP contribution in [0.25, 0.3) is 88.0 Å². The highest BCUT2D eigenvalue weighted by Crippen LogP contribution is 2.47. The first-order valence-electron chi connectivity index (χ1n) is 23.8. The van der Waals surface area contributed by atoms with E-state index in [2.05, 4.69) is 0 Å². The van der Waals surface area contributed by atoms with Gasteiger partial charge < -0.3 is 4.42 Å². The van der Waals surface area contributed by atoms with E-state index in [1.807, 2.05) is 0 Å². The van der Waals surface area contributed by atoms with Gasteiger partial charge in [-0.15, -0.1) is 0 Å². The van der Waals surface area contributed by atoms with Crippen LogP contribution in [0.3, 0.4) is 0 Å². The summed E-state index contributed by atoms with van der Waals surface area (Å²) in [5.74, 6) is 0. The van der Waals surface area contributed by atoms with E-state index in [0.717, 1.165) is 0 Å². The van der Waals surface area contributed by atoms with Crippen molar-refractivity contribution in [1.29, 1.82) is 0 Å². The zero-order valence-corrected chi connectivity index (χ0v) is 23.0. The lowest BCUT2D eigenvalue weighted by atomic mass is 9.84. The number of benzene rings is 8. The van der Waals surface area contributed by atoms with E-state index in [0.29, 0.717) is 21.5 Å². The average molecular weight is 593 g/mol. The molecule has 0 saturated heterocycles. The van der Waals surface area contributed by atoms with Crippen molar-refractivity contribution in [2.45, 2.75) is 0 Å². The predicted molar refractivity (Wildman–Crippen MR) is 190 cm³/mol. The number of hydrogen-bond donors (Lipinski definition) is 0. The smallest absolute Gasteiger partial charge is 0.143 e. The van der Waals surface area contributed by atoms with Crippen LogP contribution in [0.5, 0.6) is 0 Å². The zero-order chi connectivity index (χ0) is 47.1. The lowest BCUT2D eigenvalue weighted by Gasteiger charge is -2.18. The Bertz CT molecular complexity index is 3520. The van der Waals surface area contributed by atoms with Crippen molar-refractivity contribution in [1.82, 2.24) is 0 Å². The Morgan fingerprint density at radius 2 is 0.889 bits per heavy atom. The third-order valence-corrected chi connectivity index (χ3v) is 7.68. The van der Waals surface area contributed by atoms with Crippen LogP contribution in [0.2, 0.25) is 0 Å². The van der Waals surface area contributed by atoms with Gasteiger partial charge in [-0.05, 0) is 66.5 Å². The fourth-order valence-corrected chi connectivity index (χ4v) is 5.82. The maximum Gasteiger partial charge on any atom is 0.143 e. The SMILES string of the molecule is [2H]c1c([2H])c([2H])c(-c2c([2H])c([2H])c(-c3c4ccccc4c(-c4c([2H])c([2H])c([2H])c5oc6c(-c7c([2H])c([2H])c([2H])c([2H])c7[2H])c([2H])c([2H])c([2H])c6c45)c4ccccc34)c([2H])c2[2H])c([2H])c1[2H]. The molecule has 0 spiro atoms. The van der Waals surface area contributed by atoms with Crippen molar-refractivity contribution in [2.24, 2.45) is 0 Å². The van der Waals surface area contributed by atoms with E-state index in [1.165, 1.54) is 0 Å². The molecule has 0 aliphatic rings. The minimum absolute atomic E-state index is 0.0765. The van der Waals surface area contributed by atoms with Gasteiger partial charge in [-0.25, -0.2) is 0 Å². The summed E-state index contributed by atoms with van der Waals surface area (Å²) in [5.41, 5.74) is -2.57. The summed E-state index contributed by atoms with van der Waals surface area (Å²) in [5, 5.41) is 0.886. The fraction of sp³-hybridized carbons (Fsp3) is 0. The molecule has 9 aromatic rings. The summed E-state index contributed by atoms with van der Waals surface area (Å²) in [6, 6.07) is -0.422. The maximum absolute atomic E-state index is 9.47. The van der Waals surface area contributed by atoms with Crippen LogP contribution < -0.4 is 0 Å². The Kier molecular flexibility index (Phi) is 2.90. The number of hydrogen-bond acceptors (Lipinski definition) is 1. The Morgan fingerprint density at radius 3 is 1.53 bits per heavy atom. The molecule has 0 radical (unpaired) electrons. The average Bonchev–Trinajstić information content (AvgIpc) is 3.69. The molecule has 0 fully saturated rings. The zero-order valence-electron chi connectivity index (χ0n) is 43.0. The van der Waals surface area contributed by atoms with Crippen LogP contribution in [-0.2, 0) is 0 Å². The van der Waals surface area contributed by atoms with Crippen molar-refractivity contribution in [3.05, 3.63) is 169 Å². The van der Waals surface area contributed by atoms with Crippen LogP contribution in [0.15, 0.2) is 174 Å². The van der Waals surface area contributed by atoms with Gasteiger partial charge in [0.1, 0.15) is 11.2 Å². The maximum atomic E-state index is 9.47. The molecular formula is C44H28O. The van der Waals surface area contributed by atoms with E-state index in [4.69, 9.17) is 26.3 Å². The molecule has 0 unspecified atom stereocenters. The van der Waals surface area contributed by atoms with Gasteiger partial charge in [-0.3, -0.25) is 0 Å². The molecule has 0 bridgehead atoms. The van der Waals surface area contributed by atoms with Gasteiger partial charge in [0.05, 0.1) is 27.4 Å². The standard InChI is InChI=1S/C44H28O/c1-3-13-29(14-4-1)30-25-27-32(28-26-30)41-34-17-7-9-19-36(34)42(37-20-10-8-18-35(37)41)38-22-12-24-40-43(38)39-23-11-21-33(44(39)45-40)31-15-5-2-6-16-31/h1-28H/i1D,2D,3D,4D,5D,6D,11D,12D,13D,14D,15D,16D,21D,22D,23D,24D,25D,26D,27D,28D. The molecule has 1 nitrogen and oxygen atoms in total. The van der Waals surface area contributed by atoms with Crippen LogP contribution in [0, 0.1) is 0 Å². The predicted octanol–water partition coefficient (Wildman–Crippen LogP) is 12.6. The second-order valence-electron chi connectivity index (χ2n) is 10.1. The molecule has 210 valence electrons. The minimum Gasteiger partial charge on any atom is -0.455 e. The van der Waals surface area contributed by atoms with Crippen LogP contribution in [0.1, 0.15) is 27.4 Å². The third-order valence-electron chi connectivity index (χ3n) is 7.68. The van der Waals surface area contributed by atoms with Crippen molar-refractivity contribution in [3.8, 4) is 44.5 Å². The molecule has 8 aromatic carbocycles. The number of fused-ring (bicyclic) bond motifs is 5. The molecule has 45 heavy (non-hydrogen) atoms. The Hall–Kier alpha value is -5.92. The molecule has 0 aliphatic heterocycles. The topological polar surface area (TPSA) is 13.1 Å². The van der Waals surface area contributed by atoms with Crippen molar-refractivity contribution >= 4 is 43.5 Å². The third kappa shape index (κ3) is 4.09. The van der Waals surface area contributed by atoms with E-state index >= 15 is 0 Å². The Balaban J connectivity index is 1.45. The summed E-state index contributed by atoms with van der Waals surface area (Å²) < 4.78 is 182. The molecular weight excluding hydrogens is 544 g/mol. The van der Waals surface area contributed by atoms with E-state index < -0.39 is 149 Å². The van der Waals surface area contributed by atoms with Crippen LogP contribution in [-0.4, -0.2) is 0 Å². The highest BCUT2D eigenvalue weighted by Gasteiger charge is 2.21. The van der Waals surface area contributed by atoms with Gasteiger partial charge in [0.2, 0.25) is 0 Å². The second-order valence-corrected chi connectivity index (χ2v) is 10.1. The molecule has 0 aliphatic carbocycles. The lowest BCUT2D eigenvalue weighted by Crippen LogP contribution is -1.91. The van der Waals surface area contributed by atoms with E-state index in [9.17, 15) is 5.48 Å². The monoisotopic (exact) mass is 592 g/mol. The summed E-state index contributed by atoms with van der Waals surface area (Å²) in [7, 11) is 0. The molecule has 0 atom stereocenters. The molecule has 1 heteroatoms. The Morgan fingerprint density at radius 1 is 0.378 bits per heavy atom. The van der Waals surface area contributed by atoms with Crippen LogP contribution in [0.4, 0.5) is 0 Å². The van der Waals surface area contributed by atoms with Crippen molar-refractivity contribution in [2.75, 3.05) is 0 Å². The van der Waals surface area contributed by atoms with Gasteiger partial charge >= 0.3 is 0 Å². The minimum atomic E-state index is -0.738. The first-order chi connectivity index (χ1) is 30.7. The summed E-state index contributed by atoms with van der Waals surface area (Å²) in [6.07, 6.45) is 0. The van der Waals surface area contributed by atoms with Crippen molar-refractivity contribution < 1.29 is 31.8 Å². The molecule has 1 aromatic heterocycles. The van der Waals surface area contributed by atoms with Gasteiger partial charge in [-0.1, -0.05) is 163 Å². The fourth-order valence-electron chi connectivity index (χ4n) is 5.82. The number of para-hydroxylation sites is 1. The summed E-state index contributed by atoms with van der Waals surface area (Å²) in [4.78, 5) is 0. The largest absolute Gasteiger partial charge is 0.455 e.